The Morgan fingerprint density at radius 1 is 1.54 bits per heavy atom. The van der Waals surface area contributed by atoms with E-state index in [0.29, 0.717) is 6.61 Å². The van der Waals surface area contributed by atoms with Crippen molar-refractivity contribution >= 4 is 30.6 Å². The van der Waals surface area contributed by atoms with Crippen LogP contribution in [0.2, 0.25) is 0 Å². The van der Waals surface area contributed by atoms with Gasteiger partial charge in [0.2, 0.25) is 0 Å². The maximum absolute atomic E-state index is 10.6. The Labute approximate surface area is 82.2 Å². The number of esters is 1. The summed E-state index contributed by atoms with van der Waals surface area (Å²) >= 11 is 0. The van der Waals surface area contributed by atoms with E-state index < -0.39 is 11.9 Å². The number of rotatable bonds is 5. The summed E-state index contributed by atoms with van der Waals surface area (Å²) in [6, 6.07) is 0. The van der Waals surface area contributed by atoms with Crippen molar-refractivity contribution < 1.29 is 19.4 Å². The first-order chi connectivity index (χ1) is 5.66. The number of nitrogens with zero attached hydrogens (tertiary/aromatic N) is 1. The van der Waals surface area contributed by atoms with Crippen molar-refractivity contribution in [3.05, 3.63) is 0 Å². The molecular weight excluding hydrogens is 198 g/mol. The first-order valence-corrected chi connectivity index (χ1v) is 3.55. The Morgan fingerprint density at radius 3 is 2.62 bits per heavy atom. The van der Waals surface area contributed by atoms with E-state index in [0.717, 1.165) is 6.21 Å². The van der Waals surface area contributed by atoms with Crippen molar-refractivity contribution in [2.24, 2.45) is 4.99 Å². The average molecular weight is 210 g/mol. The monoisotopic (exact) mass is 209 g/mol. The topological polar surface area (TPSA) is 76.0 Å². The highest BCUT2D eigenvalue weighted by Gasteiger charge is 1.95. The maximum Gasteiger partial charge on any atom is 0.348 e. The van der Waals surface area contributed by atoms with Gasteiger partial charge in [0, 0.05) is 6.54 Å². The number of carbonyl (C=O) groups is 2. The van der Waals surface area contributed by atoms with E-state index in [1.165, 1.54) is 0 Å². The van der Waals surface area contributed by atoms with Crippen LogP contribution in [0.25, 0.3) is 0 Å². The first-order valence-electron chi connectivity index (χ1n) is 3.55. The standard InChI is InChI=1S/C7H11NO4.ClH/c1-2-12-7(11)5-8-4-3-6(9)10;/h5H,2-4H2,1H3,(H,9,10);1H/b8-5-;. The molecule has 0 saturated heterocycles. The van der Waals surface area contributed by atoms with Crippen LogP contribution in [-0.4, -0.2) is 36.4 Å². The Bertz CT molecular complexity index is 193. The van der Waals surface area contributed by atoms with E-state index in [1.54, 1.807) is 6.92 Å². The van der Waals surface area contributed by atoms with Crippen LogP contribution < -0.4 is 0 Å². The third-order valence-electron chi connectivity index (χ3n) is 0.938. The van der Waals surface area contributed by atoms with Crippen LogP contribution in [0.4, 0.5) is 0 Å². The van der Waals surface area contributed by atoms with Crippen LogP contribution in [0.5, 0.6) is 0 Å². The number of hydrogen-bond acceptors (Lipinski definition) is 4. The lowest BCUT2D eigenvalue weighted by atomic mass is 10.4. The van der Waals surface area contributed by atoms with E-state index >= 15 is 0 Å². The van der Waals surface area contributed by atoms with Crippen molar-refractivity contribution in [3.8, 4) is 0 Å². The van der Waals surface area contributed by atoms with E-state index in [1.807, 2.05) is 0 Å². The van der Waals surface area contributed by atoms with Crippen molar-refractivity contribution in [3.63, 3.8) is 0 Å². The summed E-state index contributed by atoms with van der Waals surface area (Å²) in [5, 5.41) is 8.19. The molecule has 0 radical (unpaired) electrons. The number of aliphatic carboxylic acids is 1. The number of carboxylic acid groups (broad SMARTS) is 1. The third kappa shape index (κ3) is 10.9. The summed E-state index contributed by atoms with van der Waals surface area (Å²) in [7, 11) is 0. The highest BCUT2D eigenvalue weighted by atomic mass is 35.5. The van der Waals surface area contributed by atoms with Gasteiger partial charge >= 0.3 is 11.9 Å². The molecule has 0 rings (SSSR count). The van der Waals surface area contributed by atoms with Crippen molar-refractivity contribution in [2.45, 2.75) is 13.3 Å². The highest BCUT2D eigenvalue weighted by molar-refractivity contribution is 6.23. The van der Waals surface area contributed by atoms with Gasteiger partial charge in [-0.1, -0.05) is 0 Å². The molecule has 0 atom stereocenters. The Morgan fingerprint density at radius 2 is 2.15 bits per heavy atom. The Kier molecular flexibility index (Phi) is 9.98. The molecule has 6 heteroatoms. The molecule has 0 amide bonds. The molecule has 0 fully saturated rings. The zero-order valence-corrected chi connectivity index (χ0v) is 8.04. The van der Waals surface area contributed by atoms with Crippen molar-refractivity contribution in [2.75, 3.05) is 13.2 Å². The summed E-state index contributed by atoms with van der Waals surface area (Å²) in [6.07, 6.45) is 0.919. The van der Waals surface area contributed by atoms with Gasteiger partial charge in [-0.05, 0) is 6.92 Å². The number of carbonyl (C=O) groups excluding carboxylic acids is 1. The first kappa shape index (κ1) is 14.4. The summed E-state index contributed by atoms with van der Waals surface area (Å²) < 4.78 is 4.51. The molecule has 0 aliphatic heterocycles. The largest absolute Gasteiger partial charge is 0.481 e. The number of halogens is 1. The maximum atomic E-state index is 10.6. The fourth-order valence-electron chi connectivity index (χ4n) is 0.479. The smallest absolute Gasteiger partial charge is 0.348 e. The molecule has 76 valence electrons. The quantitative estimate of drug-likeness (QED) is 0.529. The van der Waals surface area contributed by atoms with Gasteiger partial charge in [0.1, 0.15) is 6.21 Å². The minimum absolute atomic E-state index is 0. The summed E-state index contributed by atoms with van der Waals surface area (Å²) in [5.41, 5.74) is 0. The molecule has 5 nitrogen and oxygen atoms in total. The molecule has 0 saturated carbocycles. The zero-order valence-electron chi connectivity index (χ0n) is 7.23. The fourth-order valence-corrected chi connectivity index (χ4v) is 0.479. The second-order valence-corrected chi connectivity index (χ2v) is 1.93. The van der Waals surface area contributed by atoms with Gasteiger partial charge < -0.3 is 9.84 Å². The minimum Gasteiger partial charge on any atom is -0.481 e. The van der Waals surface area contributed by atoms with Gasteiger partial charge in [-0.25, -0.2) is 4.79 Å². The SMILES string of the molecule is CCOC(=O)/C=N\CCC(=O)O.Cl. The van der Waals surface area contributed by atoms with E-state index in [9.17, 15) is 9.59 Å². The van der Waals surface area contributed by atoms with Crippen molar-refractivity contribution in [1.29, 1.82) is 0 Å². The van der Waals surface area contributed by atoms with Gasteiger partial charge in [-0.15, -0.1) is 12.4 Å². The third-order valence-corrected chi connectivity index (χ3v) is 0.938. The minimum atomic E-state index is -0.934. The van der Waals surface area contributed by atoms with Crippen LogP contribution in [0.1, 0.15) is 13.3 Å². The lowest BCUT2D eigenvalue weighted by Gasteiger charge is -1.93. The van der Waals surface area contributed by atoms with Crippen LogP contribution in [0.15, 0.2) is 4.99 Å². The number of ether oxygens (including phenoxy) is 1. The lowest BCUT2D eigenvalue weighted by molar-refractivity contribution is -0.137. The second-order valence-electron chi connectivity index (χ2n) is 1.93. The fraction of sp³-hybridized carbons (Fsp3) is 0.571. The summed E-state index contributed by atoms with van der Waals surface area (Å²) in [5.74, 6) is -1.47. The zero-order chi connectivity index (χ0) is 9.40. The van der Waals surface area contributed by atoms with Gasteiger partial charge in [0.05, 0.1) is 13.0 Å². The van der Waals surface area contributed by atoms with Crippen LogP contribution >= 0.6 is 12.4 Å². The Balaban J connectivity index is 0. The molecular formula is C7H12ClNO4. The molecule has 0 bridgehead atoms. The van der Waals surface area contributed by atoms with Gasteiger partial charge in [-0.3, -0.25) is 9.79 Å². The molecule has 0 aromatic rings. The number of carboxylic acids is 1. The van der Waals surface area contributed by atoms with Gasteiger partial charge in [-0.2, -0.15) is 0 Å². The molecule has 0 aromatic carbocycles. The second kappa shape index (κ2) is 8.99. The lowest BCUT2D eigenvalue weighted by Crippen LogP contribution is -2.06. The number of aliphatic imine (C=N–C) groups is 1. The molecule has 0 aromatic heterocycles. The molecule has 0 heterocycles. The predicted octanol–water partition coefficient (Wildman–Crippen LogP) is 0.517. The van der Waals surface area contributed by atoms with E-state index in [2.05, 4.69) is 9.73 Å². The molecule has 13 heavy (non-hydrogen) atoms. The van der Waals surface area contributed by atoms with E-state index in [4.69, 9.17) is 5.11 Å². The predicted molar refractivity (Wildman–Crippen MR) is 49.5 cm³/mol. The summed E-state index contributed by atoms with van der Waals surface area (Å²) in [6.45, 7) is 2.08. The normalized spacial score (nSPS) is 9.31. The van der Waals surface area contributed by atoms with Gasteiger partial charge in [0.15, 0.2) is 0 Å². The molecule has 0 aliphatic carbocycles. The van der Waals surface area contributed by atoms with E-state index in [-0.39, 0.29) is 25.4 Å². The Hall–Kier alpha value is -1.10. The average Bonchev–Trinajstić information content (AvgIpc) is 1.98. The highest BCUT2D eigenvalue weighted by Crippen LogP contribution is 1.80. The summed E-state index contributed by atoms with van der Waals surface area (Å²) in [4.78, 5) is 24.1. The van der Waals surface area contributed by atoms with Crippen LogP contribution in [-0.2, 0) is 14.3 Å². The molecule has 0 aliphatic rings. The van der Waals surface area contributed by atoms with Crippen molar-refractivity contribution in [1.82, 2.24) is 0 Å². The van der Waals surface area contributed by atoms with Crippen LogP contribution in [0.3, 0.4) is 0 Å². The molecule has 0 spiro atoms. The van der Waals surface area contributed by atoms with Crippen LogP contribution in [0, 0.1) is 0 Å². The van der Waals surface area contributed by atoms with Gasteiger partial charge in [0.25, 0.3) is 0 Å². The molecule has 0 unspecified atom stereocenters. The number of hydrogen-bond donors (Lipinski definition) is 1. The molecule has 1 N–H and O–H groups in total.